The molecule has 7 nitrogen and oxygen atoms in total. The van der Waals surface area contributed by atoms with Gasteiger partial charge in [0.2, 0.25) is 5.91 Å². The molecule has 2 aliphatic heterocycles. The number of hydrogen-bond acceptors (Lipinski definition) is 5. The van der Waals surface area contributed by atoms with Crippen molar-refractivity contribution in [1.82, 2.24) is 4.90 Å². The number of carboxylic acids is 1. The SMILES string of the molecule is CCOc1ccc(CCN2C(=O)[C@@H](C(=O)O)[C@H]3C[C@@]2(C)Oc2ccccc23)cc1OCC. The minimum atomic E-state index is -1.12. The van der Waals surface area contributed by atoms with Crippen molar-refractivity contribution >= 4 is 11.9 Å². The molecule has 2 bridgehead atoms. The minimum absolute atomic E-state index is 0.341. The van der Waals surface area contributed by atoms with Crippen LogP contribution >= 0.6 is 0 Å². The van der Waals surface area contributed by atoms with E-state index in [0.29, 0.717) is 49.8 Å². The number of likely N-dealkylation sites (tertiary alicyclic amines) is 1. The molecule has 1 N–H and O–H groups in total. The van der Waals surface area contributed by atoms with Gasteiger partial charge in [0.15, 0.2) is 17.2 Å². The highest BCUT2D eigenvalue weighted by atomic mass is 16.5. The third-order valence-corrected chi connectivity index (χ3v) is 6.25. The van der Waals surface area contributed by atoms with Crippen LogP contribution in [0.2, 0.25) is 0 Å². The fraction of sp³-hybridized carbons (Fsp3) is 0.440. The van der Waals surface area contributed by atoms with Crippen LogP contribution in [-0.4, -0.2) is 47.4 Å². The van der Waals surface area contributed by atoms with Gasteiger partial charge < -0.3 is 24.2 Å². The summed E-state index contributed by atoms with van der Waals surface area (Å²) in [5.74, 6) is -1.02. The zero-order valence-electron chi connectivity index (χ0n) is 18.7. The average molecular weight is 440 g/mol. The Labute approximate surface area is 187 Å². The van der Waals surface area contributed by atoms with Gasteiger partial charge in [0.25, 0.3) is 0 Å². The molecule has 2 heterocycles. The number of carbonyl (C=O) groups excluding carboxylic acids is 1. The van der Waals surface area contributed by atoms with Crippen molar-refractivity contribution in [2.24, 2.45) is 5.92 Å². The van der Waals surface area contributed by atoms with E-state index in [1.807, 2.05) is 63.2 Å². The highest BCUT2D eigenvalue weighted by Gasteiger charge is 2.56. The standard InChI is InChI=1S/C25H29NO6/c1-4-30-20-11-10-16(14-21(20)31-5-2)12-13-26-23(27)22(24(28)29)18-15-25(26,3)32-19-9-7-6-8-17(18)19/h6-11,14,18,22H,4-5,12-13,15H2,1-3H3,(H,28,29)/t18-,22-,25+/m0/s1. The number of hydrogen-bond donors (Lipinski definition) is 1. The number of carboxylic acid groups (broad SMARTS) is 1. The maximum Gasteiger partial charge on any atom is 0.316 e. The molecular weight excluding hydrogens is 410 g/mol. The molecule has 2 aliphatic rings. The van der Waals surface area contributed by atoms with Gasteiger partial charge in [0.05, 0.1) is 13.2 Å². The number of rotatable bonds is 8. The summed E-state index contributed by atoms with van der Waals surface area (Å²) in [5.41, 5.74) is 0.868. The van der Waals surface area contributed by atoms with Gasteiger partial charge in [-0.3, -0.25) is 9.59 Å². The van der Waals surface area contributed by atoms with Crippen LogP contribution in [0.3, 0.4) is 0 Å². The number of carbonyl (C=O) groups is 2. The van der Waals surface area contributed by atoms with Gasteiger partial charge in [0, 0.05) is 18.9 Å². The molecule has 0 radical (unpaired) electrons. The molecule has 0 aliphatic carbocycles. The molecule has 2 aromatic carbocycles. The van der Waals surface area contributed by atoms with E-state index in [2.05, 4.69) is 0 Å². The molecule has 1 amide bonds. The third kappa shape index (κ3) is 3.87. The summed E-state index contributed by atoms with van der Waals surface area (Å²) in [6.07, 6.45) is 0.982. The topological polar surface area (TPSA) is 85.3 Å². The molecule has 7 heteroatoms. The van der Waals surface area contributed by atoms with E-state index in [0.717, 1.165) is 11.1 Å². The molecule has 2 aromatic rings. The lowest BCUT2D eigenvalue weighted by atomic mass is 9.73. The second kappa shape index (κ2) is 8.73. The van der Waals surface area contributed by atoms with Gasteiger partial charge in [-0.25, -0.2) is 0 Å². The predicted molar refractivity (Wildman–Crippen MR) is 118 cm³/mol. The maximum atomic E-state index is 13.3. The maximum absolute atomic E-state index is 13.3. The Morgan fingerprint density at radius 1 is 1.16 bits per heavy atom. The normalized spacial score (nSPS) is 23.8. The fourth-order valence-corrected chi connectivity index (χ4v) is 4.83. The van der Waals surface area contributed by atoms with E-state index in [4.69, 9.17) is 14.2 Å². The van der Waals surface area contributed by atoms with Crippen LogP contribution in [0, 0.1) is 5.92 Å². The smallest absolute Gasteiger partial charge is 0.316 e. The zero-order chi connectivity index (χ0) is 22.9. The number of amides is 1. The highest BCUT2D eigenvalue weighted by molar-refractivity contribution is 5.99. The first-order valence-electron chi connectivity index (χ1n) is 11.1. The molecule has 1 fully saturated rings. The van der Waals surface area contributed by atoms with Gasteiger partial charge in [-0.05, 0) is 56.5 Å². The van der Waals surface area contributed by atoms with Crippen LogP contribution in [0.5, 0.6) is 17.2 Å². The first-order valence-corrected chi connectivity index (χ1v) is 11.1. The van der Waals surface area contributed by atoms with Crippen molar-refractivity contribution in [3.05, 3.63) is 53.6 Å². The summed E-state index contributed by atoms with van der Waals surface area (Å²) >= 11 is 0. The largest absolute Gasteiger partial charge is 0.490 e. The van der Waals surface area contributed by atoms with Gasteiger partial charge in [-0.15, -0.1) is 0 Å². The molecule has 1 saturated heterocycles. The quantitative estimate of drug-likeness (QED) is 0.629. The number of ether oxygens (including phenoxy) is 3. The van der Waals surface area contributed by atoms with Crippen molar-refractivity contribution in [1.29, 1.82) is 0 Å². The number of para-hydroxylation sites is 1. The van der Waals surface area contributed by atoms with Gasteiger partial charge in [0.1, 0.15) is 11.7 Å². The number of benzene rings is 2. The number of aliphatic carboxylic acids is 1. The highest BCUT2D eigenvalue weighted by Crippen LogP contribution is 2.50. The van der Waals surface area contributed by atoms with Crippen molar-refractivity contribution in [2.75, 3.05) is 19.8 Å². The molecule has 0 spiro atoms. The summed E-state index contributed by atoms with van der Waals surface area (Å²) < 4.78 is 17.6. The third-order valence-electron chi connectivity index (χ3n) is 6.25. The summed E-state index contributed by atoms with van der Waals surface area (Å²) in [7, 11) is 0. The lowest BCUT2D eigenvalue weighted by Gasteiger charge is -2.52. The Morgan fingerprint density at radius 3 is 2.59 bits per heavy atom. The van der Waals surface area contributed by atoms with Crippen LogP contribution in [-0.2, 0) is 16.0 Å². The molecule has 0 aromatic heterocycles. The van der Waals surface area contributed by atoms with E-state index < -0.39 is 29.4 Å². The number of piperidine rings is 1. The molecule has 0 unspecified atom stereocenters. The molecule has 4 rings (SSSR count). The van der Waals surface area contributed by atoms with Gasteiger partial charge in [-0.1, -0.05) is 24.3 Å². The van der Waals surface area contributed by atoms with E-state index in [9.17, 15) is 14.7 Å². The Hall–Kier alpha value is -3.22. The summed E-state index contributed by atoms with van der Waals surface area (Å²) in [5, 5.41) is 9.89. The van der Waals surface area contributed by atoms with Crippen LogP contribution < -0.4 is 14.2 Å². The van der Waals surface area contributed by atoms with Crippen LogP contribution in [0.4, 0.5) is 0 Å². The van der Waals surface area contributed by atoms with Crippen LogP contribution in [0.25, 0.3) is 0 Å². The van der Waals surface area contributed by atoms with E-state index in [-0.39, 0.29) is 0 Å². The average Bonchev–Trinajstić information content (AvgIpc) is 2.75. The first-order chi connectivity index (χ1) is 15.4. The summed E-state index contributed by atoms with van der Waals surface area (Å²) in [6, 6.07) is 13.1. The van der Waals surface area contributed by atoms with Crippen LogP contribution in [0.1, 0.15) is 44.2 Å². The lowest BCUT2D eigenvalue weighted by Crippen LogP contribution is -2.64. The number of fused-ring (bicyclic) bond motifs is 4. The molecule has 32 heavy (non-hydrogen) atoms. The Morgan fingerprint density at radius 2 is 1.88 bits per heavy atom. The lowest BCUT2D eigenvalue weighted by molar-refractivity contribution is -0.180. The Balaban J connectivity index is 1.61. The van der Waals surface area contributed by atoms with Gasteiger partial charge in [-0.2, -0.15) is 0 Å². The van der Waals surface area contributed by atoms with Crippen molar-refractivity contribution < 1.29 is 28.9 Å². The monoisotopic (exact) mass is 439 g/mol. The summed E-state index contributed by atoms with van der Waals surface area (Å²) in [6.45, 7) is 7.10. The van der Waals surface area contributed by atoms with E-state index in [1.54, 1.807) is 4.90 Å². The Kier molecular flexibility index (Phi) is 6.00. The summed E-state index contributed by atoms with van der Waals surface area (Å²) in [4.78, 5) is 27.0. The molecule has 0 saturated carbocycles. The van der Waals surface area contributed by atoms with Crippen molar-refractivity contribution in [3.63, 3.8) is 0 Å². The van der Waals surface area contributed by atoms with E-state index >= 15 is 0 Å². The van der Waals surface area contributed by atoms with Gasteiger partial charge >= 0.3 is 5.97 Å². The predicted octanol–water partition coefficient (Wildman–Crippen LogP) is 3.85. The molecule has 170 valence electrons. The van der Waals surface area contributed by atoms with Crippen LogP contribution in [0.15, 0.2) is 42.5 Å². The number of nitrogens with zero attached hydrogens (tertiary/aromatic N) is 1. The minimum Gasteiger partial charge on any atom is -0.490 e. The van der Waals surface area contributed by atoms with Crippen molar-refractivity contribution in [3.8, 4) is 17.2 Å². The molecular formula is C25H29NO6. The second-order valence-electron chi connectivity index (χ2n) is 8.33. The molecule has 3 atom stereocenters. The first kappa shape index (κ1) is 22.0. The zero-order valence-corrected chi connectivity index (χ0v) is 18.7. The second-order valence-corrected chi connectivity index (χ2v) is 8.33. The van der Waals surface area contributed by atoms with E-state index in [1.165, 1.54) is 0 Å². The fourth-order valence-electron chi connectivity index (χ4n) is 4.83. The van der Waals surface area contributed by atoms with Crippen molar-refractivity contribution in [2.45, 2.75) is 45.3 Å². The Bertz CT molecular complexity index is 1020.